The third kappa shape index (κ3) is 4.34. The van der Waals surface area contributed by atoms with Crippen molar-refractivity contribution in [2.45, 2.75) is 63.5 Å². The van der Waals surface area contributed by atoms with Crippen LogP contribution in [0.1, 0.15) is 59.4 Å². The van der Waals surface area contributed by atoms with Crippen LogP contribution in [0.4, 0.5) is 0 Å². The summed E-state index contributed by atoms with van der Waals surface area (Å²) in [4.78, 5) is 41.9. The molecular weight excluding hydrogens is 472 g/mol. The molecule has 1 saturated heterocycles. The van der Waals surface area contributed by atoms with Crippen LogP contribution in [-0.2, 0) is 23.1 Å². The molecule has 6 N–H and O–H groups in total. The molecule has 1 aliphatic heterocycles. The number of pyridine rings is 1. The number of likely N-dealkylation sites (tertiary alicyclic amines) is 1. The number of carbonyl (C=O) groups excluding carboxylic acids is 2. The lowest BCUT2D eigenvalue weighted by Crippen LogP contribution is -2.74. The summed E-state index contributed by atoms with van der Waals surface area (Å²) in [5, 5.41) is 25.6. The second-order valence-electron chi connectivity index (χ2n) is 11.6. The van der Waals surface area contributed by atoms with E-state index in [9.17, 15) is 24.6 Å². The van der Waals surface area contributed by atoms with Crippen LogP contribution in [-0.4, -0.2) is 63.2 Å². The molecule has 2 aliphatic carbocycles. The highest BCUT2D eigenvalue weighted by Crippen LogP contribution is 2.53. The molecule has 4 atom stereocenters. The minimum atomic E-state index is -1.23. The van der Waals surface area contributed by atoms with E-state index < -0.39 is 28.4 Å². The molecule has 1 aromatic heterocycles. The number of phenolic OH excluding ortho intramolecular Hbond substituents is 1. The monoisotopic (exact) mass is 508 g/mol. The third-order valence-electron chi connectivity index (χ3n) is 8.78. The SMILES string of the molecule is Cc1ccc(O)cc1[C@@]1(C)Cc2[nH]c(=O)c(C(=O)NCC(N)=O)cc2C[C@@]1(O)[C@H]1C(C)CN1CC1CC1. The zero-order valence-electron chi connectivity index (χ0n) is 21.6. The average molecular weight is 509 g/mol. The van der Waals surface area contributed by atoms with E-state index in [0.717, 1.165) is 24.2 Å². The van der Waals surface area contributed by atoms with E-state index in [2.05, 4.69) is 22.1 Å². The first-order chi connectivity index (χ1) is 17.4. The Balaban J connectivity index is 1.61. The van der Waals surface area contributed by atoms with Gasteiger partial charge in [-0.3, -0.25) is 19.3 Å². The first-order valence-electron chi connectivity index (χ1n) is 13.0. The summed E-state index contributed by atoms with van der Waals surface area (Å²) in [6.45, 7) is 7.64. The van der Waals surface area contributed by atoms with Gasteiger partial charge in [0.15, 0.2) is 0 Å². The third-order valence-corrected chi connectivity index (χ3v) is 8.78. The van der Waals surface area contributed by atoms with Gasteiger partial charge in [0.2, 0.25) is 5.91 Å². The van der Waals surface area contributed by atoms with Crippen molar-refractivity contribution in [2.75, 3.05) is 19.6 Å². The molecule has 9 heteroatoms. The van der Waals surface area contributed by atoms with Gasteiger partial charge in [0.1, 0.15) is 11.3 Å². The minimum Gasteiger partial charge on any atom is -0.508 e. The summed E-state index contributed by atoms with van der Waals surface area (Å²) in [6.07, 6.45) is 3.00. The van der Waals surface area contributed by atoms with Crippen LogP contribution < -0.4 is 16.6 Å². The number of phenols is 1. The first kappa shape index (κ1) is 25.5. The van der Waals surface area contributed by atoms with Crippen LogP contribution in [0.3, 0.4) is 0 Å². The Bertz CT molecular complexity index is 1320. The number of rotatable bonds is 7. The fraction of sp³-hybridized carbons (Fsp3) is 0.536. The summed E-state index contributed by atoms with van der Waals surface area (Å²) in [5.41, 5.74) is 5.57. The van der Waals surface area contributed by atoms with Crippen molar-refractivity contribution in [1.82, 2.24) is 15.2 Å². The highest BCUT2D eigenvalue weighted by Gasteiger charge is 2.61. The van der Waals surface area contributed by atoms with E-state index in [1.165, 1.54) is 12.8 Å². The van der Waals surface area contributed by atoms with Crippen molar-refractivity contribution in [2.24, 2.45) is 17.6 Å². The van der Waals surface area contributed by atoms with Crippen molar-refractivity contribution < 1.29 is 19.8 Å². The molecule has 5 rings (SSSR count). The zero-order valence-corrected chi connectivity index (χ0v) is 21.6. The second kappa shape index (κ2) is 8.99. The van der Waals surface area contributed by atoms with Gasteiger partial charge in [-0.2, -0.15) is 0 Å². The number of aromatic hydroxyl groups is 1. The zero-order chi connectivity index (χ0) is 26.7. The number of amides is 2. The lowest BCUT2D eigenvalue weighted by Gasteiger charge is -2.62. The topological polar surface area (TPSA) is 149 Å². The summed E-state index contributed by atoms with van der Waals surface area (Å²) >= 11 is 0. The summed E-state index contributed by atoms with van der Waals surface area (Å²) in [7, 11) is 0. The molecule has 1 aromatic carbocycles. The molecule has 0 radical (unpaired) electrons. The molecule has 3 aliphatic rings. The number of benzene rings is 1. The van der Waals surface area contributed by atoms with Crippen LogP contribution >= 0.6 is 0 Å². The van der Waals surface area contributed by atoms with E-state index >= 15 is 0 Å². The highest BCUT2D eigenvalue weighted by atomic mass is 16.3. The normalized spacial score (nSPS) is 29.3. The van der Waals surface area contributed by atoms with Gasteiger partial charge < -0.3 is 26.2 Å². The second-order valence-corrected chi connectivity index (χ2v) is 11.6. The van der Waals surface area contributed by atoms with Gasteiger partial charge in [-0.25, -0.2) is 0 Å². The molecule has 0 spiro atoms. The van der Waals surface area contributed by atoms with Gasteiger partial charge in [0.25, 0.3) is 11.5 Å². The maximum Gasteiger partial charge on any atom is 0.261 e. The Labute approximate surface area is 216 Å². The number of carbonyl (C=O) groups is 2. The Morgan fingerprint density at radius 1 is 1.24 bits per heavy atom. The number of nitrogens with two attached hydrogens (primary N) is 1. The number of nitrogens with zero attached hydrogens (tertiary/aromatic N) is 1. The Morgan fingerprint density at radius 3 is 2.62 bits per heavy atom. The van der Waals surface area contributed by atoms with Crippen LogP contribution in [0.15, 0.2) is 29.1 Å². The predicted molar refractivity (Wildman–Crippen MR) is 138 cm³/mol. The molecule has 2 amide bonds. The average Bonchev–Trinajstić information content (AvgIpc) is 3.63. The van der Waals surface area contributed by atoms with Crippen LogP contribution in [0, 0.1) is 18.8 Å². The van der Waals surface area contributed by atoms with Crippen LogP contribution in [0.5, 0.6) is 5.75 Å². The molecule has 0 bridgehead atoms. The van der Waals surface area contributed by atoms with E-state index in [0.29, 0.717) is 23.6 Å². The van der Waals surface area contributed by atoms with E-state index in [1.54, 1.807) is 18.2 Å². The fourth-order valence-electron chi connectivity index (χ4n) is 6.71. The van der Waals surface area contributed by atoms with E-state index in [1.807, 2.05) is 19.9 Å². The van der Waals surface area contributed by atoms with Crippen molar-refractivity contribution in [1.29, 1.82) is 0 Å². The van der Waals surface area contributed by atoms with Crippen LogP contribution in [0.2, 0.25) is 0 Å². The van der Waals surface area contributed by atoms with Crippen molar-refractivity contribution in [3.8, 4) is 5.75 Å². The number of H-pyrrole nitrogens is 1. The minimum absolute atomic E-state index is 0.115. The molecule has 2 fully saturated rings. The molecule has 1 unspecified atom stereocenters. The smallest absolute Gasteiger partial charge is 0.261 e. The maximum atomic E-state index is 12.9. The van der Waals surface area contributed by atoms with Gasteiger partial charge in [0.05, 0.1) is 12.1 Å². The Hall–Kier alpha value is -3.17. The summed E-state index contributed by atoms with van der Waals surface area (Å²) in [6, 6.07) is 6.64. The summed E-state index contributed by atoms with van der Waals surface area (Å²) < 4.78 is 0. The molecule has 2 aromatic rings. The van der Waals surface area contributed by atoms with Gasteiger partial charge in [-0.05, 0) is 66.5 Å². The number of primary amides is 1. The number of fused-ring (bicyclic) bond motifs is 1. The maximum absolute atomic E-state index is 12.9. The van der Waals surface area contributed by atoms with Crippen molar-refractivity contribution in [3.05, 3.63) is 62.6 Å². The molecule has 2 heterocycles. The number of aromatic nitrogens is 1. The van der Waals surface area contributed by atoms with Crippen molar-refractivity contribution >= 4 is 11.8 Å². The standard InChI is InChI=1S/C28H36N4O5/c1-15-4-7-19(33)9-21(15)27(3)11-22-18(8-20(26(36)31-22)25(35)30-12-23(29)34)10-28(27,37)24-16(2)13-32(24)14-17-5-6-17/h4,7-9,16-17,24,33,37H,5-6,10-14H2,1-3H3,(H2,29,34)(H,30,35)(H,31,36)/t16?,24-,27-,28-/m1/s1. The number of aromatic amines is 1. The molecule has 37 heavy (non-hydrogen) atoms. The lowest BCUT2D eigenvalue weighted by molar-refractivity contribution is -0.166. The van der Waals surface area contributed by atoms with Crippen molar-refractivity contribution in [3.63, 3.8) is 0 Å². The van der Waals surface area contributed by atoms with Crippen LogP contribution in [0.25, 0.3) is 0 Å². The number of hydrogen-bond donors (Lipinski definition) is 5. The van der Waals surface area contributed by atoms with E-state index in [-0.39, 0.29) is 36.2 Å². The Morgan fingerprint density at radius 2 is 1.97 bits per heavy atom. The highest BCUT2D eigenvalue weighted by molar-refractivity contribution is 5.96. The number of aliphatic hydroxyl groups is 1. The first-order valence-corrected chi connectivity index (χ1v) is 13.0. The quantitative estimate of drug-likeness (QED) is 0.379. The molecule has 1 saturated carbocycles. The lowest BCUT2D eigenvalue weighted by atomic mass is 9.54. The molecular formula is C28H36N4O5. The van der Waals surface area contributed by atoms with Gasteiger partial charge >= 0.3 is 0 Å². The van der Waals surface area contributed by atoms with E-state index in [4.69, 9.17) is 5.73 Å². The number of nitrogens with one attached hydrogen (secondary N) is 2. The van der Waals surface area contributed by atoms with Gasteiger partial charge in [-0.15, -0.1) is 0 Å². The van der Waals surface area contributed by atoms with Gasteiger partial charge in [-0.1, -0.05) is 19.9 Å². The molecule has 9 nitrogen and oxygen atoms in total. The Kier molecular flexibility index (Phi) is 6.19. The largest absolute Gasteiger partial charge is 0.508 e. The molecule has 198 valence electrons. The summed E-state index contributed by atoms with van der Waals surface area (Å²) in [5.74, 6) is -0.343. The fourth-order valence-corrected chi connectivity index (χ4v) is 6.71. The predicted octanol–water partition coefficient (Wildman–Crippen LogP) is 1.12. The number of hydrogen-bond acceptors (Lipinski definition) is 6. The van der Waals surface area contributed by atoms with Gasteiger partial charge in [0, 0.05) is 43.1 Å². The number of aryl methyl sites for hydroxylation is 1.